The predicted octanol–water partition coefficient (Wildman–Crippen LogP) is 2.26. The van der Waals surface area contributed by atoms with Crippen LogP contribution in [0, 0.1) is 0 Å². The Labute approximate surface area is 100 Å². The van der Waals surface area contributed by atoms with Crippen LogP contribution in [0.15, 0.2) is 10.6 Å². The fraction of sp³-hybridized carbons (Fsp3) is 0.636. The summed E-state index contributed by atoms with van der Waals surface area (Å²) in [6.45, 7) is 2.36. The number of amides is 1. The Morgan fingerprint density at radius 2 is 2.38 bits per heavy atom. The quantitative estimate of drug-likeness (QED) is 0.591. The molecular formula is C11H17ClN2O2. The highest BCUT2D eigenvalue weighted by Crippen LogP contribution is 2.04. The standard InChI is InChI=1S/C11H17ClN2O2/c1-2-9-7-14-11(16-9)8-13-10(15)5-3-4-6-12/h7H,2-6,8H2,1H3,(H,13,15). The zero-order chi connectivity index (χ0) is 11.8. The third kappa shape index (κ3) is 4.66. The molecule has 0 unspecified atom stereocenters. The molecule has 0 aliphatic rings. The van der Waals surface area contributed by atoms with E-state index in [1.165, 1.54) is 0 Å². The van der Waals surface area contributed by atoms with Gasteiger partial charge >= 0.3 is 0 Å². The average molecular weight is 245 g/mol. The van der Waals surface area contributed by atoms with Crippen molar-refractivity contribution in [3.05, 3.63) is 17.8 Å². The second-order valence-electron chi connectivity index (χ2n) is 3.50. The molecule has 0 bridgehead atoms. The number of oxazole rings is 1. The maximum absolute atomic E-state index is 11.3. The van der Waals surface area contributed by atoms with Gasteiger partial charge in [0.1, 0.15) is 5.76 Å². The van der Waals surface area contributed by atoms with Gasteiger partial charge in [0.25, 0.3) is 0 Å². The predicted molar refractivity (Wildman–Crippen MR) is 62.3 cm³/mol. The summed E-state index contributed by atoms with van der Waals surface area (Å²) >= 11 is 5.52. The van der Waals surface area contributed by atoms with E-state index in [0.29, 0.717) is 24.7 Å². The molecule has 0 spiro atoms. The summed E-state index contributed by atoms with van der Waals surface area (Å²) in [5, 5.41) is 2.76. The van der Waals surface area contributed by atoms with Gasteiger partial charge in [0.15, 0.2) is 0 Å². The second-order valence-corrected chi connectivity index (χ2v) is 3.87. The van der Waals surface area contributed by atoms with E-state index in [2.05, 4.69) is 10.3 Å². The number of halogens is 1. The fourth-order valence-corrected chi connectivity index (χ4v) is 1.42. The molecule has 1 N–H and O–H groups in total. The van der Waals surface area contributed by atoms with Crippen LogP contribution in [0.2, 0.25) is 0 Å². The van der Waals surface area contributed by atoms with Crippen molar-refractivity contribution < 1.29 is 9.21 Å². The number of carbonyl (C=O) groups excluding carboxylic acids is 1. The zero-order valence-corrected chi connectivity index (χ0v) is 10.2. The number of hydrogen-bond donors (Lipinski definition) is 1. The van der Waals surface area contributed by atoms with Crippen molar-refractivity contribution in [1.29, 1.82) is 0 Å². The Morgan fingerprint density at radius 1 is 1.56 bits per heavy atom. The van der Waals surface area contributed by atoms with Gasteiger partial charge in [-0.2, -0.15) is 0 Å². The van der Waals surface area contributed by atoms with E-state index in [9.17, 15) is 4.79 Å². The molecule has 0 saturated heterocycles. The first-order valence-electron chi connectivity index (χ1n) is 5.52. The zero-order valence-electron chi connectivity index (χ0n) is 9.46. The first-order valence-corrected chi connectivity index (χ1v) is 6.06. The highest BCUT2D eigenvalue weighted by atomic mass is 35.5. The SMILES string of the molecule is CCc1cnc(CNC(=O)CCCCCl)o1. The van der Waals surface area contributed by atoms with Crippen LogP contribution >= 0.6 is 11.6 Å². The van der Waals surface area contributed by atoms with E-state index < -0.39 is 0 Å². The van der Waals surface area contributed by atoms with Gasteiger partial charge in [-0.25, -0.2) is 4.98 Å². The summed E-state index contributed by atoms with van der Waals surface area (Å²) in [7, 11) is 0. The van der Waals surface area contributed by atoms with Crippen LogP contribution in [0.1, 0.15) is 37.8 Å². The summed E-state index contributed by atoms with van der Waals surface area (Å²) in [5.41, 5.74) is 0. The van der Waals surface area contributed by atoms with Gasteiger partial charge in [-0.3, -0.25) is 4.79 Å². The van der Waals surface area contributed by atoms with Crippen LogP contribution in [0.4, 0.5) is 0 Å². The van der Waals surface area contributed by atoms with E-state index in [1.54, 1.807) is 6.20 Å². The molecule has 4 nitrogen and oxygen atoms in total. The van der Waals surface area contributed by atoms with Crippen molar-refractivity contribution in [2.24, 2.45) is 0 Å². The number of nitrogens with zero attached hydrogens (tertiary/aromatic N) is 1. The number of aromatic nitrogens is 1. The van der Waals surface area contributed by atoms with Gasteiger partial charge < -0.3 is 9.73 Å². The largest absolute Gasteiger partial charge is 0.444 e. The van der Waals surface area contributed by atoms with Crippen molar-refractivity contribution in [2.75, 3.05) is 5.88 Å². The molecule has 0 atom stereocenters. The molecular weight excluding hydrogens is 228 g/mol. The minimum atomic E-state index is 0.0152. The normalized spacial score (nSPS) is 10.4. The number of aryl methyl sites for hydroxylation is 1. The van der Waals surface area contributed by atoms with Crippen molar-refractivity contribution in [3.63, 3.8) is 0 Å². The van der Waals surface area contributed by atoms with Gasteiger partial charge in [-0.1, -0.05) is 6.92 Å². The lowest BCUT2D eigenvalue weighted by atomic mass is 10.2. The van der Waals surface area contributed by atoms with E-state index in [0.717, 1.165) is 25.0 Å². The van der Waals surface area contributed by atoms with Crippen LogP contribution in [-0.2, 0) is 17.8 Å². The maximum Gasteiger partial charge on any atom is 0.220 e. The highest BCUT2D eigenvalue weighted by molar-refractivity contribution is 6.17. The molecule has 1 aromatic rings. The highest BCUT2D eigenvalue weighted by Gasteiger charge is 2.05. The lowest BCUT2D eigenvalue weighted by molar-refractivity contribution is -0.121. The van der Waals surface area contributed by atoms with E-state index >= 15 is 0 Å². The number of rotatable bonds is 7. The van der Waals surface area contributed by atoms with Gasteiger partial charge in [-0.05, 0) is 12.8 Å². The lowest BCUT2D eigenvalue weighted by Gasteiger charge is -2.01. The number of unbranched alkanes of at least 4 members (excludes halogenated alkanes) is 1. The third-order valence-electron chi connectivity index (χ3n) is 2.17. The van der Waals surface area contributed by atoms with Crippen molar-refractivity contribution >= 4 is 17.5 Å². The second kappa shape index (κ2) is 7.28. The fourth-order valence-electron chi connectivity index (χ4n) is 1.24. The average Bonchev–Trinajstić information content (AvgIpc) is 2.74. The maximum atomic E-state index is 11.3. The van der Waals surface area contributed by atoms with Crippen LogP contribution in [0.3, 0.4) is 0 Å². The molecule has 0 aliphatic carbocycles. The Balaban J connectivity index is 2.20. The molecule has 1 aromatic heterocycles. The summed E-state index contributed by atoms with van der Waals surface area (Å²) in [6, 6.07) is 0. The summed E-state index contributed by atoms with van der Waals surface area (Å²) < 4.78 is 5.36. The van der Waals surface area contributed by atoms with Gasteiger partial charge in [0, 0.05) is 18.7 Å². The molecule has 0 fully saturated rings. The topological polar surface area (TPSA) is 55.1 Å². The molecule has 5 heteroatoms. The van der Waals surface area contributed by atoms with Crippen molar-refractivity contribution in [2.45, 2.75) is 39.2 Å². The van der Waals surface area contributed by atoms with Crippen LogP contribution in [0.25, 0.3) is 0 Å². The Bertz CT molecular complexity index is 326. The smallest absolute Gasteiger partial charge is 0.220 e. The Morgan fingerprint density at radius 3 is 3.00 bits per heavy atom. The molecule has 90 valence electrons. The summed E-state index contributed by atoms with van der Waals surface area (Å²) in [5.74, 6) is 2.02. The lowest BCUT2D eigenvalue weighted by Crippen LogP contribution is -2.22. The molecule has 0 radical (unpaired) electrons. The molecule has 0 saturated carbocycles. The summed E-state index contributed by atoms with van der Waals surface area (Å²) in [6.07, 6.45) is 4.70. The first kappa shape index (κ1) is 13.0. The number of alkyl halides is 1. The number of nitrogens with one attached hydrogen (secondary N) is 1. The van der Waals surface area contributed by atoms with Crippen LogP contribution in [0.5, 0.6) is 0 Å². The van der Waals surface area contributed by atoms with E-state index in [-0.39, 0.29) is 5.91 Å². The van der Waals surface area contributed by atoms with Gasteiger partial charge in [-0.15, -0.1) is 11.6 Å². The van der Waals surface area contributed by atoms with Gasteiger partial charge in [0.2, 0.25) is 11.8 Å². The van der Waals surface area contributed by atoms with Crippen molar-refractivity contribution in [3.8, 4) is 0 Å². The minimum absolute atomic E-state index is 0.0152. The van der Waals surface area contributed by atoms with E-state index in [1.807, 2.05) is 6.92 Å². The number of hydrogen-bond acceptors (Lipinski definition) is 3. The minimum Gasteiger partial charge on any atom is -0.444 e. The monoisotopic (exact) mass is 244 g/mol. The number of carbonyl (C=O) groups is 1. The summed E-state index contributed by atoms with van der Waals surface area (Å²) in [4.78, 5) is 15.4. The first-order chi connectivity index (χ1) is 7.76. The molecule has 1 heterocycles. The third-order valence-corrected chi connectivity index (χ3v) is 2.44. The molecule has 0 aromatic carbocycles. The Hall–Kier alpha value is -1.03. The molecule has 0 aliphatic heterocycles. The van der Waals surface area contributed by atoms with E-state index in [4.69, 9.17) is 16.0 Å². The Kier molecular flexibility index (Phi) is 5.93. The van der Waals surface area contributed by atoms with Gasteiger partial charge in [0.05, 0.1) is 12.7 Å². The molecule has 1 rings (SSSR count). The molecule has 16 heavy (non-hydrogen) atoms. The van der Waals surface area contributed by atoms with Crippen LogP contribution in [-0.4, -0.2) is 16.8 Å². The van der Waals surface area contributed by atoms with Crippen LogP contribution < -0.4 is 5.32 Å². The molecule has 1 amide bonds. The van der Waals surface area contributed by atoms with Crippen molar-refractivity contribution in [1.82, 2.24) is 10.3 Å².